The van der Waals surface area contributed by atoms with Crippen molar-refractivity contribution in [2.75, 3.05) is 0 Å². The first-order valence-electron chi connectivity index (χ1n) is 11.5. The highest BCUT2D eigenvalue weighted by atomic mass is 28.5. The molecule has 2 aromatic rings. The van der Waals surface area contributed by atoms with Gasteiger partial charge in [-0.2, -0.15) is 0 Å². The van der Waals surface area contributed by atoms with E-state index in [-0.39, 0.29) is 19.0 Å². The van der Waals surface area contributed by atoms with Gasteiger partial charge in [-0.15, -0.1) is 11.4 Å². The fourth-order valence-electron chi connectivity index (χ4n) is 3.77. The van der Waals surface area contributed by atoms with E-state index in [1.165, 1.54) is 10.4 Å². The standard InChI is InChI=1S/C24H40O2Si5/c1-7-31(8-2,25-29(3,4)21-19-27-23-15-11-9-12-16-23)26-30(5,6)22-20-28-24-17-13-10-14-18-24/h9-22H,7-8,27-28H2,1-6H3. The molecule has 0 unspecified atom stereocenters. The first-order chi connectivity index (χ1) is 14.7. The van der Waals surface area contributed by atoms with E-state index in [9.17, 15) is 0 Å². The average molecular weight is 501 g/mol. The molecule has 0 amide bonds. The second kappa shape index (κ2) is 12.2. The van der Waals surface area contributed by atoms with E-state index in [0.717, 1.165) is 12.1 Å². The molecule has 0 fully saturated rings. The Bertz CT molecular complexity index is 764. The maximum absolute atomic E-state index is 6.97. The summed E-state index contributed by atoms with van der Waals surface area (Å²) in [4.78, 5) is 0. The molecule has 0 aromatic heterocycles. The van der Waals surface area contributed by atoms with Crippen molar-refractivity contribution < 1.29 is 8.23 Å². The Kier molecular flexibility index (Phi) is 10.3. The number of hydrogen-bond donors (Lipinski definition) is 0. The van der Waals surface area contributed by atoms with Crippen molar-refractivity contribution in [1.82, 2.24) is 0 Å². The molecule has 0 spiro atoms. The SMILES string of the molecule is CC[Si](CC)(O[Si](C)(C)C=C[SiH2]c1ccccc1)O[Si](C)(C)C=C[SiH2]c1ccccc1. The molecule has 2 rings (SSSR count). The normalized spacial score (nSPS) is 14.1. The van der Waals surface area contributed by atoms with E-state index in [0.29, 0.717) is 0 Å². The summed E-state index contributed by atoms with van der Waals surface area (Å²) in [6.07, 6.45) is 0. The fraction of sp³-hybridized carbons (Fsp3) is 0.333. The average Bonchev–Trinajstić information content (AvgIpc) is 2.74. The van der Waals surface area contributed by atoms with Gasteiger partial charge in [-0.1, -0.05) is 96.3 Å². The van der Waals surface area contributed by atoms with Crippen molar-refractivity contribution in [3.05, 3.63) is 83.5 Å². The fourth-order valence-corrected chi connectivity index (χ4v) is 22.5. The number of benzene rings is 2. The van der Waals surface area contributed by atoms with E-state index in [4.69, 9.17) is 8.23 Å². The molecule has 2 nitrogen and oxygen atoms in total. The van der Waals surface area contributed by atoms with E-state index < -0.39 is 25.2 Å². The third kappa shape index (κ3) is 9.52. The van der Waals surface area contributed by atoms with E-state index in [1.807, 2.05) is 0 Å². The van der Waals surface area contributed by atoms with Crippen molar-refractivity contribution in [2.24, 2.45) is 0 Å². The Morgan fingerprint density at radius 1 is 0.645 bits per heavy atom. The minimum absolute atomic E-state index is 0.377. The van der Waals surface area contributed by atoms with Gasteiger partial charge in [-0.25, -0.2) is 0 Å². The van der Waals surface area contributed by atoms with E-state index in [1.54, 1.807) is 0 Å². The molecule has 7 heteroatoms. The Morgan fingerprint density at radius 3 is 1.32 bits per heavy atom. The van der Waals surface area contributed by atoms with Gasteiger partial charge in [0.2, 0.25) is 0 Å². The van der Waals surface area contributed by atoms with Crippen molar-refractivity contribution in [3.8, 4) is 0 Å². The second-order valence-electron chi connectivity index (χ2n) is 9.21. The Labute approximate surface area is 198 Å². The summed E-state index contributed by atoms with van der Waals surface area (Å²) in [6.45, 7) is 13.8. The highest BCUT2D eigenvalue weighted by Crippen LogP contribution is 2.28. The summed E-state index contributed by atoms with van der Waals surface area (Å²) < 4.78 is 13.9. The van der Waals surface area contributed by atoms with Gasteiger partial charge < -0.3 is 8.23 Å². The molecule has 0 aliphatic carbocycles. The van der Waals surface area contributed by atoms with Crippen LogP contribution in [-0.4, -0.2) is 44.2 Å². The molecule has 0 aliphatic rings. The van der Waals surface area contributed by atoms with Gasteiger partial charge in [0.15, 0.2) is 16.6 Å². The zero-order valence-corrected chi connectivity index (χ0v) is 26.1. The van der Waals surface area contributed by atoms with Crippen LogP contribution in [0.5, 0.6) is 0 Å². The molecule has 0 saturated carbocycles. The molecule has 168 valence electrons. The summed E-state index contributed by atoms with van der Waals surface area (Å²) in [5.74, 6) is 0. The van der Waals surface area contributed by atoms with Crippen LogP contribution in [0, 0.1) is 0 Å². The van der Waals surface area contributed by atoms with Gasteiger partial charge in [0.25, 0.3) is 0 Å². The lowest BCUT2D eigenvalue weighted by Crippen LogP contribution is -2.54. The van der Waals surface area contributed by atoms with Crippen molar-refractivity contribution in [2.45, 2.75) is 52.1 Å². The molecule has 0 bridgehead atoms. The molecule has 0 aliphatic heterocycles. The lowest BCUT2D eigenvalue weighted by Gasteiger charge is -2.40. The second-order valence-corrected chi connectivity index (χ2v) is 24.6. The van der Waals surface area contributed by atoms with Crippen LogP contribution in [0.15, 0.2) is 83.5 Å². The van der Waals surface area contributed by atoms with Gasteiger partial charge in [0.05, 0.1) is 19.0 Å². The minimum Gasteiger partial charge on any atom is -0.433 e. The Hall–Kier alpha value is -1.08. The molecule has 0 N–H and O–H groups in total. The third-order valence-corrected chi connectivity index (χ3v) is 20.6. The number of hydrogen-bond acceptors (Lipinski definition) is 2. The van der Waals surface area contributed by atoms with Gasteiger partial charge in [0.1, 0.15) is 0 Å². The highest BCUT2D eigenvalue weighted by molar-refractivity contribution is 6.92. The third-order valence-electron chi connectivity index (χ3n) is 5.41. The number of rotatable bonds is 12. The molecule has 31 heavy (non-hydrogen) atoms. The summed E-state index contributed by atoms with van der Waals surface area (Å²) in [7, 11) is -6.82. The largest absolute Gasteiger partial charge is 0.433 e. The minimum atomic E-state index is -2.22. The first kappa shape index (κ1) is 26.2. The van der Waals surface area contributed by atoms with Crippen LogP contribution < -0.4 is 10.4 Å². The van der Waals surface area contributed by atoms with Crippen LogP contribution in [-0.2, 0) is 8.23 Å². The van der Waals surface area contributed by atoms with Crippen molar-refractivity contribution >= 4 is 54.6 Å². The van der Waals surface area contributed by atoms with E-state index in [2.05, 4.69) is 123 Å². The van der Waals surface area contributed by atoms with Crippen molar-refractivity contribution in [1.29, 1.82) is 0 Å². The molecule has 0 saturated heterocycles. The van der Waals surface area contributed by atoms with Crippen LogP contribution >= 0.6 is 0 Å². The summed E-state index contributed by atoms with van der Waals surface area (Å²) in [6, 6.07) is 23.7. The van der Waals surface area contributed by atoms with Crippen LogP contribution in [0.4, 0.5) is 0 Å². The van der Waals surface area contributed by atoms with Gasteiger partial charge >= 0.3 is 8.56 Å². The summed E-state index contributed by atoms with van der Waals surface area (Å²) >= 11 is 0. The lowest BCUT2D eigenvalue weighted by molar-refractivity contribution is 0.381. The van der Waals surface area contributed by atoms with Crippen molar-refractivity contribution in [3.63, 3.8) is 0 Å². The molecule has 0 radical (unpaired) electrons. The molecule has 0 atom stereocenters. The van der Waals surface area contributed by atoms with E-state index >= 15 is 0 Å². The summed E-state index contributed by atoms with van der Waals surface area (Å²) in [5.41, 5.74) is 9.69. The molecule has 2 aromatic carbocycles. The van der Waals surface area contributed by atoms with Gasteiger partial charge in [-0.3, -0.25) is 0 Å². The molecular weight excluding hydrogens is 461 g/mol. The smallest absolute Gasteiger partial charge is 0.317 e. The maximum Gasteiger partial charge on any atom is 0.317 e. The lowest BCUT2D eigenvalue weighted by atomic mass is 10.4. The van der Waals surface area contributed by atoms with Crippen LogP contribution in [0.2, 0.25) is 38.3 Å². The zero-order valence-electron chi connectivity index (χ0n) is 20.2. The van der Waals surface area contributed by atoms with Crippen LogP contribution in [0.1, 0.15) is 13.8 Å². The van der Waals surface area contributed by atoms with Crippen LogP contribution in [0.3, 0.4) is 0 Å². The van der Waals surface area contributed by atoms with Crippen LogP contribution in [0.25, 0.3) is 0 Å². The topological polar surface area (TPSA) is 18.5 Å². The zero-order chi connectivity index (χ0) is 22.8. The quantitative estimate of drug-likeness (QED) is 0.410. The van der Waals surface area contributed by atoms with Gasteiger partial charge in [0, 0.05) is 0 Å². The van der Waals surface area contributed by atoms with Gasteiger partial charge in [-0.05, 0) is 38.3 Å². The first-order valence-corrected chi connectivity index (χ1v) is 22.8. The predicted molar refractivity (Wildman–Crippen MR) is 151 cm³/mol. The summed E-state index contributed by atoms with van der Waals surface area (Å²) in [5, 5.41) is 2.96. The molecule has 0 heterocycles. The molecular formula is C24H40O2Si5. The predicted octanol–water partition coefficient (Wildman–Crippen LogP) is 4.01. The Morgan fingerprint density at radius 2 is 1.00 bits per heavy atom. The highest BCUT2D eigenvalue weighted by Gasteiger charge is 2.43. The monoisotopic (exact) mass is 500 g/mol. The Balaban J connectivity index is 2.03. The maximum atomic E-state index is 6.97.